The first kappa shape index (κ1) is 43.7. The van der Waals surface area contributed by atoms with E-state index in [4.69, 9.17) is 0 Å². The fraction of sp³-hybridized carbons (Fsp3) is 0. The first-order valence-electron chi connectivity index (χ1n) is 28.0. The highest BCUT2D eigenvalue weighted by Gasteiger charge is 2.34. The number of fused-ring (bicyclic) bond motifs is 12. The number of hydrogen-bond donors (Lipinski definition) is 0. The summed E-state index contributed by atoms with van der Waals surface area (Å²) in [6.45, 7) is 0. The van der Waals surface area contributed by atoms with Gasteiger partial charge >= 0.3 is 0 Å². The molecule has 0 saturated carbocycles. The van der Waals surface area contributed by atoms with Gasteiger partial charge in [-0.3, -0.25) is 0 Å². The van der Waals surface area contributed by atoms with Crippen LogP contribution in [0.4, 0.5) is 0 Å². The van der Waals surface area contributed by atoms with Gasteiger partial charge in [-0.2, -0.15) is 0 Å². The van der Waals surface area contributed by atoms with Crippen molar-refractivity contribution >= 4 is 86.2 Å². The molecule has 80 heavy (non-hydrogen) atoms. The minimum absolute atomic E-state index is 1.23. The van der Waals surface area contributed by atoms with E-state index in [2.05, 4.69) is 279 Å². The van der Waals surface area contributed by atoms with Gasteiger partial charge in [-0.25, -0.2) is 0 Å². The van der Waals surface area contributed by atoms with E-state index in [9.17, 15) is 0 Å². The topological polar surface area (TPSA) is 0 Å². The van der Waals surface area contributed by atoms with Gasteiger partial charge in [0.05, 0.1) is 0 Å². The van der Waals surface area contributed by atoms with Crippen LogP contribution in [0.5, 0.6) is 0 Å². The third-order valence-corrected chi connectivity index (χ3v) is 18.0. The summed E-state index contributed by atoms with van der Waals surface area (Å²) in [5.74, 6) is 0. The molecule has 0 atom stereocenters. The van der Waals surface area contributed by atoms with E-state index in [-0.39, 0.29) is 0 Å². The summed E-state index contributed by atoms with van der Waals surface area (Å²) in [7, 11) is 0. The van der Waals surface area contributed by atoms with Crippen molar-refractivity contribution in [3.8, 4) is 100 Å². The Morgan fingerprint density at radius 3 is 0.675 bits per heavy atom. The highest BCUT2D eigenvalue weighted by atomic mass is 14.4. The molecule has 2 aliphatic carbocycles. The standard InChI is InChI=1S/C80H46/c1-5-19-51-43-55(35-31-47(51)15-1)71-63-23-9-11-25-65(63)73(57-37-33-49-17-3-7-21-53(49)45-57)79-69-41-39-59(61-27-13-29-67(75(61)69)77(71)79)60-40-42-70-76-62(60)28-14-30-68(76)78-72(56-36-32-48-16-2-6-20-52(48)44-56)64-24-10-12-26-66(64)74(80(70)78)58-38-34-50-18-4-8-22-54(50)46-58/h1-46H. The van der Waals surface area contributed by atoms with Gasteiger partial charge < -0.3 is 0 Å². The van der Waals surface area contributed by atoms with Crippen LogP contribution in [0.2, 0.25) is 0 Å². The Labute approximate surface area is 462 Å². The van der Waals surface area contributed by atoms with Gasteiger partial charge in [-0.15, -0.1) is 0 Å². The molecule has 0 heteroatoms. The predicted octanol–water partition coefficient (Wildman–Crippen LogP) is 22.5. The zero-order valence-electron chi connectivity index (χ0n) is 43.6. The lowest BCUT2D eigenvalue weighted by Gasteiger charge is -2.21. The van der Waals surface area contributed by atoms with Gasteiger partial charge in [0, 0.05) is 0 Å². The largest absolute Gasteiger partial charge is 0.0616 e. The molecule has 0 aliphatic heterocycles. The van der Waals surface area contributed by atoms with E-state index in [0.29, 0.717) is 0 Å². The Kier molecular flexibility index (Phi) is 9.04. The van der Waals surface area contributed by atoms with Gasteiger partial charge in [0.25, 0.3) is 0 Å². The molecule has 16 aromatic rings. The second-order valence-corrected chi connectivity index (χ2v) is 22.1. The monoisotopic (exact) mass is 1010 g/mol. The van der Waals surface area contributed by atoms with Crippen LogP contribution >= 0.6 is 0 Å². The lowest BCUT2D eigenvalue weighted by Crippen LogP contribution is -1.94. The van der Waals surface area contributed by atoms with Crippen molar-refractivity contribution in [1.82, 2.24) is 0 Å². The van der Waals surface area contributed by atoms with E-state index in [1.807, 2.05) is 0 Å². The van der Waals surface area contributed by atoms with Crippen LogP contribution in [0.15, 0.2) is 279 Å². The molecule has 2 aliphatic rings. The zero-order valence-corrected chi connectivity index (χ0v) is 43.6. The summed E-state index contributed by atoms with van der Waals surface area (Å²) in [5, 5.41) is 20.2. The quantitative estimate of drug-likeness (QED) is 0.161. The van der Waals surface area contributed by atoms with Crippen molar-refractivity contribution in [2.75, 3.05) is 0 Å². The molecule has 0 N–H and O–H groups in total. The van der Waals surface area contributed by atoms with Crippen molar-refractivity contribution in [3.63, 3.8) is 0 Å². The van der Waals surface area contributed by atoms with Gasteiger partial charge in [-0.1, -0.05) is 255 Å². The summed E-state index contributed by atoms with van der Waals surface area (Å²) in [5.41, 5.74) is 23.0. The molecule has 0 saturated heterocycles. The molecule has 0 bridgehead atoms. The summed E-state index contributed by atoms with van der Waals surface area (Å²) < 4.78 is 0. The minimum atomic E-state index is 1.23. The second kappa shape index (κ2) is 16.6. The van der Waals surface area contributed by atoms with Crippen LogP contribution in [-0.4, -0.2) is 0 Å². The first-order valence-corrected chi connectivity index (χ1v) is 28.0. The average Bonchev–Trinajstić information content (AvgIpc) is 4.22. The number of benzene rings is 16. The molecule has 0 radical (unpaired) electrons. The number of rotatable bonds is 5. The SMILES string of the molecule is c1ccc2cc(-c3c4c(c(-c5ccc6ccccc6c5)c5ccccc35)-c3ccc(-c5ccc6c7c(cccc57)-c5c-6c(-c6ccc7ccccc7c6)c6ccccc6c5-c5ccc6ccccc6c5)c5cccc-4c35)ccc2c1. The Balaban J connectivity index is 0.913. The van der Waals surface area contributed by atoms with E-state index >= 15 is 0 Å². The molecule has 0 nitrogen and oxygen atoms in total. The van der Waals surface area contributed by atoms with Gasteiger partial charge in [0.15, 0.2) is 0 Å². The second-order valence-electron chi connectivity index (χ2n) is 22.1. The summed E-state index contributed by atoms with van der Waals surface area (Å²) in [6, 6.07) is 106. The molecule has 0 aromatic heterocycles. The lowest BCUT2D eigenvalue weighted by atomic mass is 9.82. The molecule has 0 fully saturated rings. The molecule has 0 heterocycles. The molecule has 366 valence electrons. The van der Waals surface area contributed by atoms with Gasteiger partial charge in [-0.05, 0) is 211 Å². The Bertz CT molecular complexity index is 4820. The van der Waals surface area contributed by atoms with Crippen molar-refractivity contribution in [1.29, 1.82) is 0 Å². The normalized spacial score (nSPS) is 12.2. The molecule has 16 aromatic carbocycles. The summed E-state index contributed by atoms with van der Waals surface area (Å²) >= 11 is 0. The third kappa shape index (κ3) is 6.11. The van der Waals surface area contributed by atoms with Crippen LogP contribution in [0.3, 0.4) is 0 Å². The fourth-order valence-electron chi connectivity index (χ4n) is 14.6. The average molecular weight is 1010 g/mol. The van der Waals surface area contributed by atoms with Crippen LogP contribution in [-0.2, 0) is 0 Å². The molecular weight excluding hydrogens is 961 g/mol. The van der Waals surface area contributed by atoms with Crippen molar-refractivity contribution in [2.24, 2.45) is 0 Å². The zero-order chi connectivity index (χ0) is 52.2. The lowest BCUT2D eigenvalue weighted by molar-refractivity contribution is 1.64. The predicted molar refractivity (Wildman–Crippen MR) is 343 cm³/mol. The van der Waals surface area contributed by atoms with E-state index < -0.39 is 0 Å². The smallest absolute Gasteiger partial charge is 0.000741 e. The maximum Gasteiger partial charge on any atom is -0.000741 e. The van der Waals surface area contributed by atoms with Gasteiger partial charge in [0.2, 0.25) is 0 Å². The molecule has 0 amide bonds. The minimum Gasteiger partial charge on any atom is -0.0616 e. The first-order chi connectivity index (χ1) is 39.7. The van der Waals surface area contributed by atoms with Crippen molar-refractivity contribution < 1.29 is 0 Å². The summed E-state index contributed by atoms with van der Waals surface area (Å²) in [6.07, 6.45) is 0. The van der Waals surface area contributed by atoms with Crippen LogP contribution < -0.4 is 0 Å². The Morgan fingerprint density at radius 2 is 0.375 bits per heavy atom. The molecule has 0 spiro atoms. The van der Waals surface area contributed by atoms with Crippen LogP contribution in [0, 0.1) is 0 Å². The Morgan fingerprint density at radius 1 is 0.138 bits per heavy atom. The maximum absolute atomic E-state index is 2.46. The van der Waals surface area contributed by atoms with Crippen LogP contribution in [0.25, 0.3) is 186 Å². The van der Waals surface area contributed by atoms with Crippen molar-refractivity contribution in [3.05, 3.63) is 279 Å². The fourth-order valence-corrected chi connectivity index (χ4v) is 14.6. The Hall–Kier alpha value is -10.4. The highest BCUT2D eigenvalue weighted by Crippen LogP contribution is 2.62. The van der Waals surface area contributed by atoms with E-state index in [1.165, 1.54) is 186 Å². The van der Waals surface area contributed by atoms with E-state index in [0.717, 1.165) is 0 Å². The van der Waals surface area contributed by atoms with Gasteiger partial charge in [0.1, 0.15) is 0 Å². The highest BCUT2D eigenvalue weighted by molar-refractivity contribution is 6.32. The third-order valence-electron chi connectivity index (χ3n) is 18.0. The van der Waals surface area contributed by atoms with E-state index in [1.54, 1.807) is 0 Å². The number of hydrogen-bond acceptors (Lipinski definition) is 0. The molecule has 0 unspecified atom stereocenters. The van der Waals surface area contributed by atoms with Crippen LogP contribution in [0.1, 0.15) is 0 Å². The molecular formula is C80H46. The summed E-state index contributed by atoms with van der Waals surface area (Å²) in [4.78, 5) is 0. The molecule has 18 rings (SSSR count). The maximum atomic E-state index is 2.46. The van der Waals surface area contributed by atoms with Crippen molar-refractivity contribution in [2.45, 2.75) is 0 Å².